The average Bonchev–Trinajstić information content (AvgIpc) is 3.62. The normalized spacial score (nSPS) is 11.7. The fourth-order valence-corrected chi connectivity index (χ4v) is 4.17. The van der Waals surface area contributed by atoms with Crippen LogP contribution in [-0.4, -0.2) is 52.2 Å². The lowest BCUT2D eigenvalue weighted by Crippen LogP contribution is -2.29. The molecule has 0 aliphatic carbocycles. The van der Waals surface area contributed by atoms with E-state index < -0.39 is 11.9 Å². The summed E-state index contributed by atoms with van der Waals surface area (Å²) in [5.74, 6) is -1.76. The summed E-state index contributed by atoms with van der Waals surface area (Å²) in [6.07, 6.45) is 3.68. The van der Waals surface area contributed by atoms with Crippen molar-refractivity contribution in [1.82, 2.24) is 35.2 Å². The molecule has 0 aliphatic rings. The number of nitrogens with one attached hydrogen (secondary N) is 1. The quantitative estimate of drug-likeness (QED) is 0.294. The summed E-state index contributed by atoms with van der Waals surface area (Å²) in [4.78, 5) is 24.5. The standard InChI is InChI=1S/C26H21ClN8O3/c27-20-8-11-24(35-16-28-31-33-35)22(13-20)23-15-34(32-30-23)14-19(12-17-4-2-1-3-5-17)25(36)29-21-9-6-18(7-10-21)26(37)38/h1-11,13,15-16,19H,12,14H2,(H,29,36)(H,37,38). The van der Waals surface area contributed by atoms with Gasteiger partial charge in [-0.2, -0.15) is 4.68 Å². The second kappa shape index (κ2) is 11.0. The van der Waals surface area contributed by atoms with E-state index in [2.05, 4.69) is 31.2 Å². The van der Waals surface area contributed by atoms with Gasteiger partial charge in [0.05, 0.1) is 29.9 Å². The molecule has 1 amide bonds. The molecule has 5 aromatic rings. The van der Waals surface area contributed by atoms with Crippen LogP contribution in [0.15, 0.2) is 85.3 Å². The Kier molecular flexibility index (Phi) is 7.18. The van der Waals surface area contributed by atoms with Gasteiger partial charge >= 0.3 is 5.97 Å². The van der Waals surface area contributed by atoms with Crippen molar-refractivity contribution in [1.29, 1.82) is 0 Å². The molecule has 0 aliphatic heterocycles. The first kappa shape index (κ1) is 24.8. The molecule has 1 unspecified atom stereocenters. The third kappa shape index (κ3) is 5.73. The van der Waals surface area contributed by atoms with Crippen molar-refractivity contribution < 1.29 is 14.7 Å². The Morgan fingerprint density at radius 3 is 2.50 bits per heavy atom. The van der Waals surface area contributed by atoms with Crippen LogP contribution in [0.5, 0.6) is 0 Å². The SMILES string of the molecule is O=C(O)c1ccc(NC(=O)C(Cc2ccccc2)Cn2cc(-c3cc(Cl)ccc3-n3cnnn3)nn2)cc1. The van der Waals surface area contributed by atoms with Crippen molar-refractivity contribution in [3.8, 4) is 16.9 Å². The van der Waals surface area contributed by atoms with E-state index in [1.54, 1.807) is 41.2 Å². The molecule has 3 aromatic carbocycles. The van der Waals surface area contributed by atoms with Crippen LogP contribution in [0, 0.1) is 5.92 Å². The minimum Gasteiger partial charge on any atom is -0.478 e. The minimum atomic E-state index is -1.03. The van der Waals surface area contributed by atoms with Gasteiger partial charge in [0.2, 0.25) is 5.91 Å². The summed E-state index contributed by atoms with van der Waals surface area (Å²) in [5.41, 5.74) is 3.53. The zero-order valence-corrected chi connectivity index (χ0v) is 20.6. The Bertz CT molecular complexity index is 1550. The predicted molar refractivity (Wildman–Crippen MR) is 139 cm³/mol. The smallest absolute Gasteiger partial charge is 0.335 e. The molecule has 0 spiro atoms. The number of carbonyl (C=O) groups excluding carboxylic acids is 1. The number of aromatic nitrogens is 7. The van der Waals surface area contributed by atoms with E-state index in [1.807, 2.05) is 30.3 Å². The van der Waals surface area contributed by atoms with Crippen molar-refractivity contribution in [2.75, 3.05) is 5.32 Å². The zero-order chi connectivity index (χ0) is 26.5. The third-order valence-corrected chi connectivity index (χ3v) is 6.11. The van der Waals surface area contributed by atoms with Crippen LogP contribution in [-0.2, 0) is 17.8 Å². The molecular formula is C26H21ClN8O3. The van der Waals surface area contributed by atoms with E-state index >= 15 is 0 Å². The number of aromatic carboxylic acids is 1. The molecule has 38 heavy (non-hydrogen) atoms. The van der Waals surface area contributed by atoms with E-state index in [-0.39, 0.29) is 18.0 Å². The monoisotopic (exact) mass is 528 g/mol. The lowest BCUT2D eigenvalue weighted by Gasteiger charge is -2.17. The van der Waals surface area contributed by atoms with Crippen LogP contribution in [0.1, 0.15) is 15.9 Å². The minimum absolute atomic E-state index is 0.140. The van der Waals surface area contributed by atoms with Gasteiger partial charge in [-0.25, -0.2) is 4.79 Å². The first-order valence-corrected chi connectivity index (χ1v) is 12.0. The summed E-state index contributed by atoms with van der Waals surface area (Å²) in [5, 5.41) is 32.4. The van der Waals surface area contributed by atoms with Crippen LogP contribution >= 0.6 is 11.6 Å². The van der Waals surface area contributed by atoms with Crippen LogP contribution in [0.4, 0.5) is 5.69 Å². The second-order valence-corrected chi connectivity index (χ2v) is 8.94. The van der Waals surface area contributed by atoms with Gasteiger partial charge in [0.25, 0.3) is 0 Å². The number of carbonyl (C=O) groups is 2. The number of hydrogen-bond acceptors (Lipinski definition) is 7. The van der Waals surface area contributed by atoms with Gasteiger partial charge in [-0.15, -0.1) is 10.2 Å². The molecule has 0 radical (unpaired) electrons. The highest BCUT2D eigenvalue weighted by Gasteiger charge is 2.22. The van der Waals surface area contributed by atoms with Gasteiger partial charge in [-0.05, 0) is 64.9 Å². The van der Waals surface area contributed by atoms with Gasteiger partial charge in [0.1, 0.15) is 12.0 Å². The van der Waals surface area contributed by atoms with Gasteiger partial charge in [0, 0.05) is 16.3 Å². The Morgan fingerprint density at radius 2 is 1.79 bits per heavy atom. The number of anilines is 1. The number of benzene rings is 3. The first-order valence-electron chi connectivity index (χ1n) is 11.6. The largest absolute Gasteiger partial charge is 0.478 e. The summed E-state index contributed by atoms with van der Waals surface area (Å²) in [7, 11) is 0. The lowest BCUT2D eigenvalue weighted by molar-refractivity contribution is -0.120. The Balaban J connectivity index is 1.40. The van der Waals surface area contributed by atoms with E-state index in [0.717, 1.165) is 5.56 Å². The number of carboxylic acids is 1. The summed E-state index contributed by atoms with van der Waals surface area (Å²) < 4.78 is 3.12. The topological polar surface area (TPSA) is 141 Å². The van der Waals surface area contributed by atoms with Crippen molar-refractivity contribution >= 4 is 29.2 Å². The molecule has 0 saturated heterocycles. The molecule has 2 N–H and O–H groups in total. The third-order valence-electron chi connectivity index (χ3n) is 5.87. The number of nitrogens with zero attached hydrogens (tertiary/aromatic N) is 7. The number of carboxylic acid groups (broad SMARTS) is 1. The number of rotatable bonds is 9. The molecule has 1 atom stereocenters. The highest BCUT2D eigenvalue weighted by atomic mass is 35.5. The molecule has 2 heterocycles. The fourth-order valence-electron chi connectivity index (χ4n) is 4.00. The fraction of sp³-hybridized carbons (Fsp3) is 0.115. The van der Waals surface area contributed by atoms with Crippen molar-refractivity contribution in [3.05, 3.63) is 101 Å². The summed E-state index contributed by atoms with van der Waals surface area (Å²) in [6.45, 7) is 0.252. The molecule has 11 nitrogen and oxygen atoms in total. The van der Waals surface area contributed by atoms with Crippen LogP contribution in [0.3, 0.4) is 0 Å². The molecule has 0 fully saturated rings. The van der Waals surface area contributed by atoms with Crippen molar-refractivity contribution in [2.45, 2.75) is 13.0 Å². The molecular weight excluding hydrogens is 508 g/mol. The van der Waals surface area contributed by atoms with Gasteiger partial charge in [-0.3, -0.25) is 9.48 Å². The highest BCUT2D eigenvalue weighted by Crippen LogP contribution is 2.28. The van der Waals surface area contributed by atoms with Crippen LogP contribution in [0.2, 0.25) is 5.02 Å². The zero-order valence-electron chi connectivity index (χ0n) is 19.8. The van der Waals surface area contributed by atoms with E-state index in [1.165, 1.54) is 23.1 Å². The molecule has 0 bridgehead atoms. The number of hydrogen-bond donors (Lipinski definition) is 2. The van der Waals surface area contributed by atoms with E-state index in [9.17, 15) is 9.59 Å². The predicted octanol–water partition coefficient (Wildman–Crippen LogP) is 3.77. The number of tetrazole rings is 1. The molecule has 190 valence electrons. The molecule has 5 rings (SSSR count). The van der Waals surface area contributed by atoms with Gasteiger partial charge < -0.3 is 10.4 Å². The average molecular weight is 529 g/mol. The van der Waals surface area contributed by atoms with Crippen LogP contribution < -0.4 is 5.32 Å². The second-order valence-electron chi connectivity index (χ2n) is 8.50. The summed E-state index contributed by atoms with van der Waals surface area (Å²) >= 11 is 6.25. The van der Waals surface area contributed by atoms with Gasteiger partial charge in [0.15, 0.2) is 0 Å². The Hall–Kier alpha value is -4.90. The summed E-state index contributed by atoms with van der Waals surface area (Å²) in [6, 6.07) is 21.0. The maximum Gasteiger partial charge on any atom is 0.335 e. The Morgan fingerprint density at radius 1 is 1.00 bits per heavy atom. The molecule has 0 saturated carbocycles. The number of halogens is 1. The van der Waals surface area contributed by atoms with Crippen LogP contribution in [0.25, 0.3) is 16.9 Å². The molecule has 2 aromatic heterocycles. The first-order chi connectivity index (χ1) is 18.5. The maximum atomic E-state index is 13.3. The Labute approximate surface area is 221 Å². The molecule has 12 heteroatoms. The van der Waals surface area contributed by atoms with E-state index in [4.69, 9.17) is 16.7 Å². The van der Waals surface area contributed by atoms with Crippen molar-refractivity contribution in [3.63, 3.8) is 0 Å². The lowest BCUT2D eigenvalue weighted by atomic mass is 9.98. The van der Waals surface area contributed by atoms with E-state index in [0.29, 0.717) is 34.1 Å². The highest BCUT2D eigenvalue weighted by molar-refractivity contribution is 6.31. The van der Waals surface area contributed by atoms with Crippen molar-refractivity contribution in [2.24, 2.45) is 5.92 Å². The van der Waals surface area contributed by atoms with Gasteiger partial charge in [-0.1, -0.05) is 47.1 Å². The maximum absolute atomic E-state index is 13.3. The number of amides is 1.